The number of amides is 1. The van der Waals surface area contributed by atoms with Gasteiger partial charge in [-0.15, -0.1) is 0 Å². The monoisotopic (exact) mass is 435 g/mol. The van der Waals surface area contributed by atoms with Crippen molar-refractivity contribution in [1.82, 2.24) is 15.1 Å². The van der Waals surface area contributed by atoms with Crippen molar-refractivity contribution in [3.8, 4) is 11.3 Å². The molecule has 1 aliphatic rings. The zero-order valence-corrected chi connectivity index (χ0v) is 18.5. The second kappa shape index (κ2) is 10.6. The highest BCUT2D eigenvalue weighted by Crippen LogP contribution is 2.25. The van der Waals surface area contributed by atoms with E-state index in [1.54, 1.807) is 24.3 Å². The summed E-state index contributed by atoms with van der Waals surface area (Å²) in [6.45, 7) is 4.88. The number of carbonyl (C=O) groups is 1. The normalized spacial score (nSPS) is 16.1. The lowest BCUT2D eigenvalue weighted by Crippen LogP contribution is -2.47. The highest BCUT2D eigenvalue weighted by atomic mass is 19.1. The molecule has 1 fully saturated rings. The molecule has 32 heavy (non-hydrogen) atoms. The molecule has 1 N–H and O–H groups in total. The molecule has 5 nitrogen and oxygen atoms in total. The molecule has 2 aromatic carbocycles. The van der Waals surface area contributed by atoms with Crippen LogP contribution in [0.5, 0.6) is 0 Å². The number of nitrogens with zero attached hydrogens (tertiary/aromatic N) is 2. The lowest BCUT2D eigenvalue weighted by molar-refractivity contribution is -0.122. The van der Waals surface area contributed by atoms with Crippen LogP contribution in [0.2, 0.25) is 0 Å². The molecule has 0 bridgehead atoms. The Balaban J connectivity index is 1.36. The fourth-order valence-electron chi connectivity index (χ4n) is 4.03. The van der Waals surface area contributed by atoms with E-state index in [4.69, 9.17) is 4.42 Å². The van der Waals surface area contributed by atoms with Gasteiger partial charge in [0, 0.05) is 45.6 Å². The highest BCUT2D eigenvalue weighted by molar-refractivity contribution is 5.76. The van der Waals surface area contributed by atoms with Crippen molar-refractivity contribution in [3.63, 3.8) is 0 Å². The molecule has 2 heterocycles. The van der Waals surface area contributed by atoms with Crippen molar-refractivity contribution in [2.45, 2.75) is 18.9 Å². The van der Waals surface area contributed by atoms with E-state index >= 15 is 0 Å². The summed E-state index contributed by atoms with van der Waals surface area (Å²) in [5.74, 6) is 0.821. The Hall–Kier alpha value is -2.96. The number of nitrogens with one attached hydrogen (secondary N) is 1. The van der Waals surface area contributed by atoms with Gasteiger partial charge in [-0.05, 0) is 36.9 Å². The van der Waals surface area contributed by atoms with Gasteiger partial charge in [0.2, 0.25) is 5.91 Å². The summed E-state index contributed by atoms with van der Waals surface area (Å²) in [7, 11) is 2.14. The molecule has 168 valence electrons. The molecular weight excluding hydrogens is 405 g/mol. The van der Waals surface area contributed by atoms with Gasteiger partial charge in [0.05, 0.1) is 11.6 Å². The van der Waals surface area contributed by atoms with E-state index in [1.165, 1.54) is 6.07 Å². The van der Waals surface area contributed by atoms with Gasteiger partial charge >= 0.3 is 0 Å². The number of furan rings is 1. The number of piperazine rings is 1. The minimum Gasteiger partial charge on any atom is -0.461 e. The van der Waals surface area contributed by atoms with Crippen LogP contribution in [-0.4, -0.2) is 55.5 Å². The van der Waals surface area contributed by atoms with Crippen LogP contribution in [0.25, 0.3) is 11.3 Å². The van der Waals surface area contributed by atoms with Gasteiger partial charge in [-0.3, -0.25) is 9.69 Å². The average Bonchev–Trinajstić information content (AvgIpc) is 3.28. The van der Waals surface area contributed by atoms with E-state index in [0.29, 0.717) is 29.9 Å². The van der Waals surface area contributed by atoms with Crippen LogP contribution in [0.15, 0.2) is 71.1 Å². The average molecular weight is 436 g/mol. The van der Waals surface area contributed by atoms with Crippen LogP contribution >= 0.6 is 0 Å². The number of halogens is 1. The zero-order valence-electron chi connectivity index (χ0n) is 18.5. The predicted octanol–water partition coefficient (Wildman–Crippen LogP) is 4.12. The van der Waals surface area contributed by atoms with Crippen molar-refractivity contribution in [1.29, 1.82) is 0 Å². The van der Waals surface area contributed by atoms with E-state index in [1.807, 2.05) is 24.3 Å². The first-order chi connectivity index (χ1) is 15.6. The predicted molar refractivity (Wildman–Crippen MR) is 124 cm³/mol. The molecule has 1 saturated heterocycles. The Kier molecular flexibility index (Phi) is 7.35. The van der Waals surface area contributed by atoms with Gasteiger partial charge < -0.3 is 14.6 Å². The van der Waals surface area contributed by atoms with Crippen LogP contribution in [0.1, 0.15) is 23.8 Å². The van der Waals surface area contributed by atoms with Gasteiger partial charge in [-0.1, -0.05) is 42.5 Å². The third-order valence-corrected chi connectivity index (χ3v) is 5.97. The van der Waals surface area contributed by atoms with Crippen molar-refractivity contribution >= 4 is 5.91 Å². The Morgan fingerprint density at radius 3 is 2.47 bits per heavy atom. The first-order valence-electron chi connectivity index (χ1n) is 11.2. The lowest BCUT2D eigenvalue weighted by Gasteiger charge is -2.35. The third-order valence-electron chi connectivity index (χ3n) is 5.97. The summed E-state index contributed by atoms with van der Waals surface area (Å²) in [5.41, 5.74) is 1.54. The van der Waals surface area contributed by atoms with Gasteiger partial charge in [0.1, 0.15) is 17.3 Å². The largest absolute Gasteiger partial charge is 0.461 e. The maximum Gasteiger partial charge on any atom is 0.220 e. The summed E-state index contributed by atoms with van der Waals surface area (Å²) in [4.78, 5) is 17.5. The van der Waals surface area contributed by atoms with E-state index in [-0.39, 0.29) is 17.8 Å². The van der Waals surface area contributed by atoms with Gasteiger partial charge in [-0.25, -0.2) is 4.39 Å². The molecule has 0 aliphatic carbocycles. The summed E-state index contributed by atoms with van der Waals surface area (Å²) in [5, 5.41) is 3.21. The standard InChI is InChI=1S/C26H30FN3O2/c1-29-15-17-30(18-16-29)19-24(20-7-3-2-4-8-20)28-26(31)14-12-21-11-13-25(32-21)22-9-5-6-10-23(22)27/h2-11,13,24H,12,14-19H2,1H3,(H,28,31). The number of benzene rings is 2. The van der Waals surface area contributed by atoms with Gasteiger partial charge in [0.25, 0.3) is 0 Å². The maximum absolute atomic E-state index is 14.0. The topological polar surface area (TPSA) is 48.7 Å². The zero-order chi connectivity index (χ0) is 22.3. The van der Waals surface area contributed by atoms with Crippen molar-refractivity contribution in [2.75, 3.05) is 39.8 Å². The van der Waals surface area contributed by atoms with Crippen LogP contribution in [0.4, 0.5) is 4.39 Å². The number of aryl methyl sites for hydroxylation is 1. The molecule has 6 heteroatoms. The van der Waals surface area contributed by atoms with Crippen LogP contribution in [0.3, 0.4) is 0 Å². The number of rotatable bonds is 8. The smallest absolute Gasteiger partial charge is 0.220 e. The Morgan fingerprint density at radius 1 is 1.00 bits per heavy atom. The fourth-order valence-corrected chi connectivity index (χ4v) is 4.03. The summed E-state index contributed by atoms with van der Waals surface area (Å²) in [6.07, 6.45) is 0.784. The van der Waals surface area contributed by atoms with E-state index in [2.05, 4.69) is 34.3 Å². The second-order valence-corrected chi connectivity index (χ2v) is 8.38. The van der Waals surface area contributed by atoms with Gasteiger partial charge in [-0.2, -0.15) is 0 Å². The van der Waals surface area contributed by atoms with Crippen LogP contribution in [-0.2, 0) is 11.2 Å². The number of likely N-dealkylation sites (N-methyl/N-ethyl adjacent to an activating group) is 1. The molecule has 1 atom stereocenters. The lowest BCUT2D eigenvalue weighted by atomic mass is 10.1. The van der Waals surface area contributed by atoms with E-state index < -0.39 is 0 Å². The number of carbonyl (C=O) groups excluding carboxylic acids is 1. The molecule has 1 aromatic heterocycles. The second-order valence-electron chi connectivity index (χ2n) is 8.38. The SMILES string of the molecule is CN1CCN(CC(NC(=O)CCc2ccc(-c3ccccc3F)o2)c2ccccc2)CC1. The molecular formula is C26H30FN3O2. The Labute approximate surface area is 188 Å². The number of hydrogen-bond acceptors (Lipinski definition) is 4. The molecule has 1 amide bonds. The third kappa shape index (κ3) is 5.84. The minimum atomic E-state index is -0.319. The molecule has 3 aromatic rings. The fraction of sp³-hybridized carbons (Fsp3) is 0.346. The molecule has 1 unspecified atom stereocenters. The van der Waals surface area contributed by atoms with Crippen molar-refractivity contribution in [3.05, 3.63) is 83.9 Å². The van der Waals surface area contributed by atoms with Crippen LogP contribution in [0, 0.1) is 5.82 Å². The van der Waals surface area contributed by atoms with Crippen LogP contribution < -0.4 is 5.32 Å². The quantitative estimate of drug-likeness (QED) is 0.578. The Morgan fingerprint density at radius 2 is 1.72 bits per heavy atom. The minimum absolute atomic E-state index is 0.0168. The summed E-state index contributed by atoms with van der Waals surface area (Å²) >= 11 is 0. The molecule has 0 radical (unpaired) electrons. The maximum atomic E-state index is 14.0. The van der Waals surface area contributed by atoms with E-state index in [9.17, 15) is 9.18 Å². The molecule has 0 saturated carbocycles. The summed E-state index contributed by atoms with van der Waals surface area (Å²) < 4.78 is 19.8. The first kappa shape index (κ1) is 22.2. The van der Waals surface area contributed by atoms with E-state index in [0.717, 1.165) is 38.3 Å². The van der Waals surface area contributed by atoms with Gasteiger partial charge in [0.15, 0.2) is 0 Å². The van der Waals surface area contributed by atoms with Crippen molar-refractivity contribution < 1.29 is 13.6 Å². The summed E-state index contributed by atoms with van der Waals surface area (Å²) in [6, 6.07) is 20.2. The molecule has 0 spiro atoms. The number of hydrogen-bond donors (Lipinski definition) is 1. The highest BCUT2D eigenvalue weighted by Gasteiger charge is 2.21. The molecule has 1 aliphatic heterocycles. The molecule has 4 rings (SSSR count). The van der Waals surface area contributed by atoms with Crippen molar-refractivity contribution in [2.24, 2.45) is 0 Å². The first-order valence-corrected chi connectivity index (χ1v) is 11.2. The Bertz CT molecular complexity index is 1010.